The summed E-state index contributed by atoms with van der Waals surface area (Å²) >= 11 is 16.3. The van der Waals surface area contributed by atoms with Crippen molar-refractivity contribution in [3.05, 3.63) is 67.7 Å². The molecule has 1 unspecified atom stereocenters. The van der Waals surface area contributed by atoms with E-state index < -0.39 is 0 Å². The lowest BCUT2D eigenvalue weighted by atomic mass is 9.93. The van der Waals surface area contributed by atoms with E-state index in [0.29, 0.717) is 10.0 Å². The van der Waals surface area contributed by atoms with E-state index in [2.05, 4.69) is 57.1 Å². The SMILES string of the molecule is CN1CCc2c([nH]c3ccc(Br)cc23)C1c1cccc(Cl)c1Cl. The molecule has 1 N–H and O–H groups in total. The zero-order valence-electron chi connectivity index (χ0n) is 12.5. The number of likely N-dealkylation sites (N-methyl/N-ethyl adjacent to an activating group) is 1. The Morgan fingerprint density at radius 2 is 2.04 bits per heavy atom. The molecule has 0 radical (unpaired) electrons. The van der Waals surface area contributed by atoms with Crippen LogP contribution in [-0.2, 0) is 6.42 Å². The minimum absolute atomic E-state index is 0.0936. The number of halogens is 3. The summed E-state index contributed by atoms with van der Waals surface area (Å²) in [6, 6.07) is 12.3. The van der Waals surface area contributed by atoms with Crippen LogP contribution < -0.4 is 0 Å². The third kappa shape index (κ3) is 2.51. The van der Waals surface area contributed by atoms with Gasteiger partial charge >= 0.3 is 0 Å². The zero-order valence-corrected chi connectivity index (χ0v) is 15.6. The molecule has 0 bridgehead atoms. The molecule has 1 aromatic heterocycles. The molecule has 5 heteroatoms. The summed E-state index contributed by atoms with van der Waals surface area (Å²) in [5.74, 6) is 0. The van der Waals surface area contributed by atoms with E-state index in [1.165, 1.54) is 16.6 Å². The topological polar surface area (TPSA) is 19.0 Å². The number of nitrogens with zero attached hydrogens (tertiary/aromatic N) is 1. The average Bonchev–Trinajstić information content (AvgIpc) is 2.88. The Balaban J connectivity index is 1.96. The third-order valence-electron chi connectivity index (χ3n) is 4.61. The van der Waals surface area contributed by atoms with Gasteiger partial charge in [0.1, 0.15) is 0 Å². The number of H-pyrrole nitrogens is 1. The van der Waals surface area contributed by atoms with Crippen LogP contribution in [0.4, 0.5) is 0 Å². The summed E-state index contributed by atoms with van der Waals surface area (Å²) in [6.45, 7) is 0.986. The van der Waals surface area contributed by atoms with Crippen molar-refractivity contribution in [1.82, 2.24) is 9.88 Å². The molecule has 0 saturated carbocycles. The van der Waals surface area contributed by atoms with E-state index in [-0.39, 0.29) is 6.04 Å². The fourth-order valence-corrected chi connectivity index (χ4v) is 4.28. The molecule has 3 aromatic rings. The maximum atomic E-state index is 6.50. The zero-order chi connectivity index (χ0) is 16.1. The standard InChI is InChI=1S/C18H15BrCl2N2/c1-23-8-7-11-13-9-10(19)5-6-15(13)22-17(11)18(23)12-3-2-4-14(20)16(12)21/h2-6,9,18,22H,7-8H2,1H3. The number of hydrogen-bond donors (Lipinski definition) is 1. The summed E-state index contributed by atoms with van der Waals surface area (Å²) < 4.78 is 1.10. The molecule has 4 rings (SSSR count). The number of aromatic nitrogens is 1. The predicted octanol–water partition coefficient (Wildman–Crippen LogP) is 5.81. The van der Waals surface area contributed by atoms with Gasteiger partial charge in [0.15, 0.2) is 0 Å². The van der Waals surface area contributed by atoms with Crippen molar-refractivity contribution < 1.29 is 0 Å². The van der Waals surface area contributed by atoms with Crippen molar-refractivity contribution in [2.24, 2.45) is 0 Å². The Kier molecular flexibility index (Phi) is 3.93. The second-order valence-corrected chi connectivity index (χ2v) is 7.68. The van der Waals surface area contributed by atoms with Crippen molar-refractivity contribution in [1.29, 1.82) is 0 Å². The normalized spacial score (nSPS) is 18.3. The molecule has 23 heavy (non-hydrogen) atoms. The lowest BCUT2D eigenvalue weighted by molar-refractivity contribution is 0.262. The van der Waals surface area contributed by atoms with Gasteiger partial charge in [0.05, 0.1) is 16.1 Å². The first-order valence-corrected chi connectivity index (χ1v) is 9.05. The van der Waals surface area contributed by atoms with Crippen LogP contribution >= 0.6 is 39.1 Å². The Labute approximate surface area is 153 Å². The summed E-state index contributed by atoms with van der Waals surface area (Å²) in [5.41, 5.74) is 4.81. The number of hydrogen-bond acceptors (Lipinski definition) is 1. The Hall–Kier alpha value is -1.000. The minimum Gasteiger partial charge on any atom is -0.357 e. The molecule has 2 aromatic carbocycles. The van der Waals surface area contributed by atoms with E-state index in [9.17, 15) is 0 Å². The Morgan fingerprint density at radius 1 is 1.22 bits per heavy atom. The smallest absolute Gasteiger partial charge is 0.0769 e. The van der Waals surface area contributed by atoms with Gasteiger partial charge in [0.2, 0.25) is 0 Å². The number of fused-ring (bicyclic) bond motifs is 3. The average molecular weight is 410 g/mol. The first-order valence-electron chi connectivity index (χ1n) is 7.50. The van der Waals surface area contributed by atoms with Gasteiger partial charge in [-0.05, 0) is 48.9 Å². The second kappa shape index (κ2) is 5.82. The van der Waals surface area contributed by atoms with E-state index in [4.69, 9.17) is 23.2 Å². The first kappa shape index (κ1) is 15.5. The van der Waals surface area contributed by atoms with Gasteiger partial charge in [0, 0.05) is 27.6 Å². The molecule has 2 nitrogen and oxygen atoms in total. The van der Waals surface area contributed by atoms with Crippen LogP contribution in [0.5, 0.6) is 0 Å². The quantitative estimate of drug-likeness (QED) is 0.536. The van der Waals surface area contributed by atoms with Gasteiger partial charge in [-0.3, -0.25) is 4.90 Å². The van der Waals surface area contributed by atoms with Crippen LogP contribution in [0.25, 0.3) is 10.9 Å². The summed E-state index contributed by atoms with van der Waals surface area (Å²) in [4.78, 5) is 5.93. The van der Waals surface area contributed by atoms with Crippen LogP contribution in [0.15, 0.2) is 40.9 Å². The van der Waals surface area contributed by atoms with Crippen molar-refractivity contribution in [2.75, 3.05) is 13.6 Å². The molecule has 1 atom stereocenters. The fourth-order valence-electron chi connectivity index (χ4n) is 3.51. The molecular formula is C18H15BrCl2N2. The number of aromatic amines is 1. The van der Waals surface area contributed by atoms with Crippen molar-refractivity contribution in [3.63, 3.8) is 0 Å². The number of rotatable bonds is 1. The van der Waals surface area contributed by atoms with Gasteiger partial charge in [-0.15, -0.1) is 0 Å². The van der Waals surface area contributed by atoms with Crippen molar-refractivity contribution >= 4 is 50.0 Å². The molecule has 1 aliphatic rings. The van der Waals surface area contributed by atoms with Gasteiger partial charge < -0.3 is 4.98 Å². The molecule has 118 valence electrons. The molecule has 0 aliphatic carbocycles. The highest BCUT2D eigenvalue weighted by atomic mass is 79.9. The third-order valence-corrected chi connectivity index (χ3v) is 5.93. The van der Waals surface area contributed by atoms with E-state index >= 15 is 0 Å². The molecule has 0 amide bonds. The molecule has 2 heterocycles. The summed E-state index contributed by atoms with van der Waals surface area (Å²) in [7, 11) is 2.13. The van der Waals surface area contributed by atoms with Gasteiger partial charge in [-0.2, -0.15) is 0 Å². The predicted molar refractivity (Wildman–Crippen MR) is 101 cm³/mol. The molecule has 0 fully saturated rings. The van der Waals surface area contributed by atoms with E-state index in [1.807, 2.05) is 12.1 Å². The lowest BCUT2D eigenvalue weighted by Gasteiger charge is -2.33. The Bertz CT molecular complexity index is 903. The summed E-state index contributed by atoms with van der Waals surface area (Å²) in [6.07, 6.45) is 1.02. The highest BCUT2D eigenvalue weighted by Gasteiger charge is 2.31. The van der Waals surface area contributed by atoms with Crippen LogP contribution in [0.2, 0.25) is 10.0 Å². The highest BCUT2D eigenvalue weighted by molar-refractivity contribution is 9.10. The highest BCUT2D eigenvalue weighted by Crippen LogP contribution is 2.41. The number of nitrogens with one attached hydrogen (secondary N) is 1. The van der Waals surface area contributed by atoms with E-state index in [0.717, 1.165) is 28.5 Å². The maximum absolute atomic E-state index is 6.50. The monoisotopic (exact) mass is 408 g/mol. The molecular weight excluding hydrogens is 395 g/mol. The van der Waals surface area contributed by atoms with Crippen LogP contribution in [0, 0.1) is 0 Å². The maximum Gasteiger partial charge on any atom is 0.0769 e. The lowest BCUT2D eigenvalue weighted by Crippen LogP contribution is -2.32. The molecule has 0 saturated heterocycles. The van der Waals surface area contributed by atoms with Gasteiger partial charge in [-0.1, -0.05) is 51.3 Å². The van der Waals surface area contributed by atoms with Crippen molar-refractivity contribution in [2.45, 2.75) is 12.5 Å². The van der Waals surface area contributed by atoms with Crippen LogP contribution in [-0.4, -0.2) is 23.5 Å². The number of benzene rings is 2. The van der Waals surface area contributed by atoms with Gasteiger partial charge in [-0.25, -0.2) is 0 Å². The first-order chi connectivity index (χ1) is 11.1. The minimum atomic E-state index is 0.0936. The van der Waals surface area contributed by atoms with Crippen molar-refractivity contribution in [3.8, 4) is 0 Å². The van der Waals surface area contributed by atoms with Gasteiger partial charge in [0.25, 0.3) is 0 Å². The van der Waals surface area contributed by atoms with Crippen LogP contribution in [0.1, 0.15) is 22.9 Å². The summed E-state index contributed by atoms with van der Waals surface area (Å²) in [5, 5.41) is 2.52. The largest absolute Gasteiger partial charge is 0.357 e. The Morgan fingerprint density at radius 3 is 2.87 bits per heavy atom. The molecule has 1 aliphatic heterocycles. The van der Waals surface area contributed by atoms with E-state index in [1.54, 1.807) is 0 Å². The second-order valence-electron chi connectivity index (χ2n) is 5.98. The molecule has 0 spiro atoms. The van der Waals surface area contributed by atoms with Crippen LogP contribution in [0.3, 0.4) is 0 Å². The fraction of sp³-hybridized carbons (Fsp3) is 0.222.